The molecule has 1 aliphatic carbocycles. The molecule has 126 valence electrons. The van der Waals surface area contributed by atoms with Crippen LogP contribution in [0.15, 0.2) is 12.3 Å². The molecule has 0 bridgehead atoms. The number of aromatic nitrogens is 1. The van der Waals surface area contributed by atoms with Crippen LogP contribution in [0.4, 0.5) is 0 Å². The van der Waals surface area contributed by atoms with Gasteiger partial charge < -0.3 is 9.84 Å². The number of esters is 1. The van der Waals surface area contributed by atoms with Crippen molar-refractivity contribution in [2.24, 2.45) is 0 Å². The number of Topliss-reactive ketones (excluding diaryl/α,β-unsaturated/α-hetero) is 1. The lowest BCUT2D eigenvalue weighted by atomic mass is 9.91. The van der Waals surface area contributed by atoms with Gasteiger partial charge in [-0.3, -0.25) is 10.1 Å². The summed E-state index contributed by atoms with van der Waals surface area (Å²) >= 11 is 5.79. The Morgan fingerprint density at radius 1 is 1.43 bits per heavy atom. The van der Waals surface area contributed by atoms with Gasteiger partial charge >= 0.3 is 5.97 Å². The zero-order chi connectivity index (χ0) is 17.2. The number of aromatic hydroxyl groups is 1. The zero-order valence-corrected chi connectivity index (χ0v) is 14.2. The van der Waals surface area contributed by atoms with Crippen molar-refractivity contribution >= 4 is 23.4 Å². The summed E-state index contributed by atoms with van der Waals surface area (Å²) in [6, 6.07) is 0.311. The quantitative estimate of drug-likeness (QED) is 0.486. The number of halogens is 1. The maximum absolute atomic E-state index is 12.7. The molecule has 6 nitrogen and oxygen atoms in total. The lowest BCUT2D eigenvalue weighted by Gasteiger charge is -2.31. The minimum absolute atomic E-state index is 0.0394. The molecule has 0 saturated heterocycles. The van der Waals surface area contributed by atoms with Gasteiger partial charge in [0.05, 0.1) is 0 Å². The number of carbonyl (C=O) groups excluding carboxylic acids is 2. The van der Waals surface area contributed by atoms with E-state index in [1.807, 2.05) is 0 Å². The zero-order valence-electron chi connectivity index (χ0n) is 13.4. The predicted octanol–water partition coefficient (Wildman–Crippen LogP) is 2.48. The first-order chi connectivity index (χ1) is 10.7. The summed E-state index contributed by atoms with van der Waals surface area (Å²) < 4.78 is 5.34. The van der Waals surface area contributed by atoms with Crippen LogP contribution in [0.3, 0.4) is 0 Å². The van der Waals surface area contributed by atoms with Crippen LogP contribution in [-0.4, -0.2) is 39.5 Å². The van der Waals surface area contributed by atoms with Crippen molar-refractivity contribution in [1.29, 1.82) is 0 Å². The fraction of sp³-hybridized carbons (Fsp3) is 0.562. The normalized spacial score (nSPS) is 16.5. The Hall–Kier alpha value is -1.66. The highest BCUT2D eigenvalue weighted by Gasteiger charge is 2.35. The van der Waals surface area contributed by atoms with Crippen LogP contribution < -0.4 is 5.32 Å². The molecule has 1 aromatic heterocycles. The number of ether oxygens (including phenoxy) is 1. The fourth-order valence-electron chi connectivity index (χ4n) is 2.15. The first kappa shape index (κ1) is 17.7. The van der Waals surface area contributed by atoms with Gasteiger partial charge in [-0.1, -0.05) is 18.0 Å². The first-order valence-corrected chi connectivity index (χ1v) is 7.93. The molecule has 1 unspecified atom stereocenters. The first-order valence-electron chi connectivity index (χ1n) is 7.55. The van der Waals surface area contributed by atoms with Gasteiger partial charge in [-0.15, -0.1) is 0 Å². The molecule has 0 spiro atoms. The third-order valence-corrected chi connectivity index (χ3v) is 3.80. The number of rotatable bonds is 5. The van der Waals surface area contributed by atoms with Gasteiger partial charge in [0.1, 0.15) is 10.6 Å². The average molecular weight is 341 g/mol. The molecule has 0 amide bonds. The Bertz CT molecular complexity index is 609. The topological polar surface area (TPSA) is 88.5 Å². The molecule has 2 rings (SSSR count). The van der Waals surface area contributed by atoms with Gasteiger partial charge in [0.25, 0.3) is 0 Å². The number of pyridine rings is 1. The Morgan fingerprint density at radius 2 is 2.09 bits per heavy atom. The highest BCUT2D eigenvalue weighted by molar-refractivity contribution is 6.32. The molecule has 1 atom stereocenters. The molecule has 23 heavy (non-hydrogen) atoms. The minimum atomic E-state index is -1.11. The van der Waals surface area contributed by atoms with Crippen LogP contribution in [0.5, 0.6) is 5.88 Å². The molecule has 2 N–H and O–H groups in total. The number of hydrogen-bond donors (Lipinski definition) is 2. The number of nitrogens with zero attached hydrogens (tertiary/aromatic N) is 1. The van der Waals surface area contributed by atoms with Crippen molar-refractivity contribution < 1.29 is 19.4 Å². The van der Waals surface area contributed by atoms with E-state index in [0.717, 1.165) is 19.3 Å². The molecule has 1 fully saturated rings. The highest BCUT2D eigenvalue weighted by atomic mass is 35.5. The van der Waals surface area contributed by atoms with E-state index in [9.17, 15) is 14.7 Å². The van der Waals surface area contributed by atoms with Crippen molar-refractivity contribution in [3.05, 3.63) is 22.8 Å². The standard InChI is InChI=1S/C16H21ClN2O4/c1-16(2,3)23-15(22)12(19-10-5-4-6-10)13(20)9-7-11(17)14(21)18-8-9/h7-8,10,12,19H,4-6H2,1-3H3,(H,18,21). The predicted molar refractivity (Wildman–Crippen MR) is 85.7 cm³/mol. The Morgan fingerprint density at radius 3 is 2.57 bits per heavy atom. The van der Waals surface area contributed by atoms with Gasteiger partial charge in [0.2, 0.25) is 5.88 Å². The van der Waals surface area contributed by atoms with E-state index in [4.69, 9.17) is 16.3 Å². The third kappa shape index (κ3) is 4.65. The molecular formula is C16H21ClN2O4. The second-order valence-corrected chi connectivity index (χ2v) is 7.06. The summed E-state index contributed by atoms with van der Waals surface area (Å²) in [7, 11) is 0. The van der Waals surface area contributed by atoms with Crippen LogP contribution >= 0.6 is 11.6 Å². The molecule has 7 heteroatoms. The Kier molecular flexibility index (Phi) is 5.26. The van der Waals surface area contributed by atoms with Crippen molar-refractivity contribution in [2.75, 3.05) is 0 Å². The third-order valence-electron chi connectivity index (χ3n) is 3.52. The van der Waals surface area contributed by atoms with Crippen LogP contribution in [-0.2, 0) is 9.53 Å². The van der Waals surface area contributed by atoms with E-state index in [2.05, 4.69) is 10.3 Å². The molecule has 0 aliphatic heterocycles. The maximum Gasteiger partial charge on any atom is 0.331 e. The van der Waals surface area contributed by atoms with Gasteiger partial charge in [-0.25, -0.2) is 9.78 Å². The van der Waals surface area contributed by atoms with Crippen LogP contribution in [0.1, 0.15) is 50.4 Å². The minimum Gasteiger partial charge on any atom is -0.492 e. The van der Waals surface area contributed by atoms with E-state index < -0.39 is 23.4 Å². The molecule has 1 saturated carbocycles. The summed E-state index contributed by atoms with van der Waals surface area (Å²) in [6.07, 6.45) is 4.10. The number of hydrogen-bond acceptors (Lipinski definition) is 6. The monoisotopic (exact) mass is 340 g/mol. The summed E-state index contributed by atoms with van der Waals surface area (Å²) in [6.45, 7) is 5.23. The van der Waals surface area contributed by atoms with E-state index >= 15 is 0 Å². The van der Waals surface area contributed by atoms with Crippen LogP contribution in [0, 0.1) is 0 Å². The second kappa shape index (κ2) is 6.84. The van der Waals surface area contributed by atoms with E-state index in [1.54, 1.807) is 20.8 Å². The summed E-state index contributed by atoms with van der Waals surface area (Å²) in [5, 5.41) is 12.4. The smallest absolute Gasteiger partial charge is 0.331 e. The molecule has 1 aromatic rings. The Labute approximate surface area is 140 Å². The van der Waals surface area contributed by atoms with Crippen LogP contribution in [0.25, 0.3) is 0 Å². The van der Waals surface area contributed by atoms with Crippen molar-refractivity contribution in [1.82, 2.24) is 10.3 Å². The van der Waals surface area contributed by atoms with Crippen molar-refractivity contribution in [3.8, 4) is 5.88 Å². The molecule has 0 radical (unpaired) electrons. The second-order valence-electron chi connectivity index (χ2n) is 6.65. The highest BCUT2D eigenvalue weighted by Crippen LogP contribution is 2.23. The van der Waals surface area contributed by atoms with E-state index in [1.165, 1.54) is 12.3 Å². The maximum atomic E-state index is 12.7. The van der Waals surface area contributed by atoms with Gasteiger partial charge in [0, 0.05) is 17.8 Å². The van der Waals surface area contributed by atoms with Crippen molar-refractivity contribution in [3.63, 3.8) is 0 Å². The number of carbonyl (C=O) groups is 2. The summed E-state index contributed by atoms with van der Waals surface area (Å²) in [5.74, 6) is -1.46. The summed E-state index contributed by atoms with van der Waals surface area (Å²) in [4.78, 5) is 28.7. The largest absolute Gasteiger partial charge is 0.492 e. The van der Waals surface area contributed by atoms with E-state index in [0.29, 0.717) is 0 Å². The summed E-state index contributed by atoms with van der Waals surface area (Å²) in [5.41, 5.74) is -0.544. The van der Waals surface area contributed by atoms with E-state index in [-0.39, 0.29) is 22.5 Å². The van der Waals surface area contributed by atoms with Crippen LogP contribution in [0.2, 0.25) is 5.02 Å². The molecular weight excluding hydrogens is 320 g/mol. The molecule has 0 aromatic carbocycles. The fourth-order valence-corrected chi connectivity index (χ4v) is 2.32. The van der Waals surface area contributed by atoms with Gasteiger partial charge in [-0.2, -0.15) is 0 Å². The Balaban J connectivity index is 2.22. The van der Waals surface area contributed by atoms with Crippen molar-refractivity contribution in [2.45, 2.75) is 57.7 Å². The SMILES string of the molecule is CC(C)(C)OC(=O)C(NC1CCC1)C(=O)c1cnc(O)c(Cl)c1. The van der Waals surface area contributed by atoms with Gasteiger partial charge in [-0.05, 0) is 39.7 Å². The van der Waals surface area contributed by atoms with Gasteiger partial charge in [0.15, 0.2) is 11.8 Å². The number of ketones is 1. The molecule has 1 aliphatic rings. The average Bonchev–Trinajstić information content (AvgIpc) is 2.38. The lowest BCUT2D eigenvalue weighted by Crippen LogP contribution is -2.52. The number of nitrogens with one attached hydrogen (secondary N) is 1. The molecule has 1 heterocycles. The lowest BCUT2D eigenvalue weighted by molar-refractivity contribution is -0.156.